The Labute approximate surface area is 218 Å². The summed E-state index contributed by atoms with van der Waals surface area (Å²) < 4.78 is 7.02. The molecule has 1 atom stereocenters. The first-order chi connectivity index (χ1) is 16.5. The number of hydrogen-bond donors (Lipinski definition) is 2. The van der Waals surface area contributed by atoms with E-state index in [0.29, 0.717) is 27.3 Å². The summed E-state index contributed by atoms with van der Waals surface area (Å²) in [7, 11) is 1.52. The van der Waals surface area contributed by atoms with Gasteiger partial charge in [0, 0.05) is 15.7 Å². The van der Waals surface area contributed by atoms with Gasteiger partial charge in [-0.2, -0.15) is 4.98 Å². The summed E-state index contributed by atoms with van der Waals surface area (Å²) in [6, 6.07) is 21.7. The zero-order valence-corrected chi connectivity index (χ0v) is 20.7. The fourth-order valence-electron chi connectivity index (χ4n) is 3.74. The Morgan fingerprint density at radius 1 is 1.00 bits per heavy atom. The number of fused-ring (bicyclic) bond motifs is 1. The Bertz CT molecular complexity index is 1390. The second-order valence-corrected chi connectivity index (χ2v) is 8.44. The molecule has 1 aromatic heterocycles. The standard InChI is InChI=1S/C25H19Cl2N5O2.ClH/c1-34-22-5-3-2-4-19(22)23(33)29-24-30-25-28-20(15-6-10-17(26)11-7-15)14-21(32(25)31-24)16-8-12-18(27)13-9-16;/h2-14,21H,1H3,(H2,28,29,30,31,33);1H. The van der Waals surface area contributed by atoms with Gasteiger partial charge in [-0.15, -0.1) is 17.5 Å². The minimum absolute atomic E-state index is 0. The van der Waals surface area contributed by atoms with E-state index in [1.165, 1.54) is 7.11 Å². The third kappa shape index (κ3) is 5.12. The highest BCUT2D eigenvalue weighted by Crippen LogP contribution is 2.34. The maximum absolute atomic E-state index is 12.9. The largest absolute Gasteiger partial charge is 0.496 e. The lowest BCUT2D eigenvalue weighted by atomic mass is 10.0. The quantitative estimate of drug-likeness (QED) is 0.317. The van der Waals surface area contributed by atoms with E-state index < -0.39 is 0 Å². The van der Waals surface area contributed by atoms with Crippen LogP contribution < -0.4 is 15.4 Å². The Balaban J connectivity index is 0.00000289. The van der Waals surface area contributed by atoms with Crippen LogP contribution in [0.2, 0.25) is 10.0 Å². The first kappa shape index (κ1) is 24.6. The highest BCUT2D eigenvalue weighted by molar-refractivity contribution is 6.30. The average Bonchev–Trinajstić information content (AvgIpc) is 3.26. The number of nitrogens with one attached hydrogen (secondary N) is 2. The predicted molar refractivity (Wildman–Crippen MR) is 141 cm³/mol. The molecule has 1 aliphatic rings. The fourth-order valence-corrected chi connectivity index (χ4v) is 3.99. The number of allylic oxidation sites excluding steroid dienone is 1. The molecule has 0 bridgehead atoms. The van der Waals surface area contributed by atoms with E-state index in [1.807, 2.05) is 54.6 Å². The number of amides is 1. The smallest absolute Gasteiger partial charge is 0.261 e. The maximum Gasteiger partial charge on any atom is 0.261 e. The van der Waals surface area contributed by atoms with E-state index >= 15 is 0 Å². The molecule has 0 radical (unpaired) electrons. The predicted octanol–water partition coefficient (Wildman–Crippen LogP) is 6.32. The molecule has 1 unspecified atom stereocenters. The third-order valence-electron chi connectivity index (χ3n) is 5.41. The molecule has 7 nitrogen and oxygen atoms in total. The second kappa shape index (κ2) is 10.4. The Hall–Kier alpha value is -3.52. The molecule has 1 amide bonds. The van der Waals surface area contributed by atoms with Crippen LogP contribution in [0.1, 0.15) is 27.5 Å². The Morgan fingerprint density at radius 3 is 2.34 bits per heavy atom. The van der Waals surface area contributed by atoms with Crippen molar-refractivity contribution >= 4 is 59.1 Å². The molecule has 0 spiro atoms. The van der Waals surface area contributed by atoms with Gasteiger partial charge in [-0.25, -0.2) is 4.68 Å². The van der Waals surface area contributed by atoms with Crippen molar-refractivity contribution in [2.24, 2.45) is 0 Å². The number of nitrogens with zero attached hydrogens (tertiary/aromatic N) is 3. The zero-order chi connectivity index (χ0) is 23.7. The number of carbonyl (C=O) groups is 1. The molecule has 0 saturated carbocycles. The van der Waals surface area contributed by atoms with E-state index in [0.717, 1.165) is 16.8 Å². The summed E-state index contributed by atoms with van der Waals surface area (Å²) in [5.74, 6) is 0.757. The van der Waals surface area contributed by atoms with Crippen LogP contribution in [-0.4, -0.2) is 27.8 Å². The second-order valence-electron chi connectivity index (χ2n) is 7.57. The van der Waals surface area contributed by atoms with Crippen molar-refractivity contribution in [3.05, 3.63) is 106 Å². The number of methoxy groups -OCH3 is 1. The molecule has 3 aromatic carbocycles. The average molecular weight is 529 g/mol. The Kier molecular flexibility index (Phi) is 7.31. The topological polar surface area (TPSA) is 81.1 Å². The molecule has 0 fully saturated rings. The molecule has 5 rings (SSSR count). The number of rotatable bonds is 5. The van der Waals surface area contributed by atoms with Gasteiger partial charge in [0.25, 0.3) is 11.9 Å². The summed E-state index contributed by atoms with van der Waals surface area (Å²) in [6.07, 6.45) is 2.04. The monoisotopic (exact) mass is 527 g/mol. The van der Waals surface area contributed by atoms with E-state index in [-0.39, 0.29) is 30.3 Å². The molecule has 4 aromatic rings. The van der Waals surface area contributed by atoms with Gasteiger partial charge in [-0.1, -0.05) is 59.6 Å². The molecule has 0 aliphatic carbocycles. The van der Waals surface area contributed by atoms with Crippen LogP contribution >= 0.6 is 35.6 Å². The van der Waals surface area contributed by atoms with Crippen molar-refractivity contribution < 1.29 is 9.53 Å². The highest BCUT2D eigenvalue weighted by Gasteiger charge is 2.26. The Morgan fingerprint density at radius 2 is 1.66 bits per heavy atom. The lowest BCUT2D eigenvalue weighted by Crippen LogP contribution is -2.20. The maximum atomic E-state index is 12.9. The zero-order valence-electron chi connectivity index (χ0n) is 18.4. The van der Waals surface area contributed by atoms with E-state index in [4.69, 9.17) is 27.9 Å². The van der Waals surface area contributed by atoms with Crippen molar-refractivity contribution in [3.63, 3.8) is 0 Å². The lowest BCUT2D eigenvalue weighted by molar-refractivity contribution is 0.102. The molecular weight excluding hydrogens is 509 g/mol. The molecular formula is C25H20Cl3N5O2. The first-order valence-electron chi connectivity index (χ1n) is 10.4. The number of halogens is 3. The van der Waals surface area contributed by atoms with E-state index in [9.17, 15) is 4.79 Å². The molecule has 178 valence electrons. The minimum Gasteiger partial charge on any atom is -0.496 e. The number of ether oxygens (including phenoxy) is 1. The van der Waals surface area contributed by atoms with Crippen molar-refractivity contribution in [1.29, 1.82) is 0 Å². The van der Waals surface area contributed by atoms with Crippen LogP contribution in [0, 0.1) is 0 Å². The summed E-state index contributed by atoms with van der Waals surface area (Å²) in [5, 5.41) is 11.9. The summed E-state index contributed by atoms with van der Waals surface area (Å²) in [6.45, 7) is 0. The molecule has 2 N–H and O–H groups in total. The first-order valence-corrected chi connectivity index (χ1v) is 11.2. The van der Waals surface area contributed by atoms with Gasteiger partial charge in [0.15, 0.2) is 0 Å². The number of hydrogen-bond acceptors (Lipinski definition) is 5. The van der Waals surface area contributed by atoms with E-state index in [1.54, 1.807) is 28.9 Å². The van der Waals surface area contributed by atoms with E-state index in [2.05, 4.69) is 20.7 Å². The van der Waals surface area contributed by atoms with Gasteiger partial charge in [0.1, 0.15) is 11.8 Å². The van der Waals surface area contributed by atoms with Gasteiger partial charge in [0.05, 0.1) is 12.7 Å². The summed E-state index contributed by atoms with van der Waals surface area (Å²) >= 11 is 12.2. The van der Waals surface area contributed by atoms with Gasteiger partial charge in [-0.05, 0) is 53.6 Å². The van der Waals surface area contributed by atoms with Gasteiger partial charge < -0.3 is 10.1 Å². The van der Waals surface area contributed by atoms with Crippen LogP contribution in [0.4, 0.5) is 11.9 Å². The molecule has 35 heavy (non-hydrogen) atoms. The van der Waals surface area contributed by atoms with Crippen molar-refractivity contribution in [3.8, 4) is 5.75 Å². The van der Waals surface area contributed by atoms with Crippen LogP contribution in [0.15, 0.2) is 78.9 Å². The van der Waals surface area contributed by atoms with Crippen LogP contribution in [0.5, 0.6) is 5.75 Å². The number of carbonyl (C=O) groups excluding carboxylic acids is 1. The van der Waals surface area contributed by atoms with Crippen molar-refractivity contribution in [1.82, 2.24) is 14.8 Å². The normalized spacial score (nSPS) is 14.1. The molecule has 10 heteroatoms. The highest BCUT2D eigenvalue weighted by atomic mass is 35.5. The molecule has 0 saturated heterocycles. The minimum atomic E-state index is -0.366. The fraction of sp³-hybridized carbons (Fsp3) is 0.0800. The van der Waals surface area contributed by atoms with Gasteiger partial charge in [0.2, 0.25) is 5.95 Å². The summed E-state index contributed by atoms with van der Waals surface area (Å²) in [5.41, 5.74) is 3.14. The number of benzene rings is 3. The van der Waals surface area contributed by atoms with Crippen LogP contribution in [-0.2, 0) is 0 Å². The third-order valence-corrected chi connectivity index (χ3v) is 5.91. The van der Waals surface area contributed by atoms with Crippen LogP contribution in [0.25, 0.3) is 5.70 Å². The number of para-hydroxylation sites is 1. The van der Waals surface area contributed by atoms with Crippen LogP contribution in [0.3, 0.4) is 0 Å². The van der Waals surface area contributed by atoms with Crippen molar-refractivity contribution in [2.75, 3.05) is 17.7 Å². The van der Waals surface area contributed by atoms with Crippen molar-refractivity contribution in [2.45, 2.75) is 6.04 Å². The van der Waals surface area contributed by atoms with Gasteiger partial charge in [-0.3, -0.25) is 10.1 Å². The lowest BCUT2D eigenvalue weighted by Gasteiger charge is -2.24. The molecule has 2 heterocycles. The number of anilines is 2. The summed E-state index contributed by atoms with van der Waals surface area (Å²) in [4.78, 5) is 17.4. The SMILES string of the molecule is COc1ccccc1C(=O)Nc1nc2n(n1)C(c1ccc(Cl)cc1)C=C(c1ccc(Cl)cc1)N2.Cl. The molecule has 1 aliphatic heterocycles. The number of aromatic nitrogens is 3. The van der Waals surface area contributed by atoms with Gasteiger partial charge >= 0.3 is 0 Å².